The maximum absolute atomic E-state index is 5.89. The van der Waals surface area contributed by atoms with Gasteiger partial charge in [-0.2, -0.15) is 0 Å². The fraction of sp³-hybridized carbons (Fsp3) is 1.00. The second-order valence-electron chi connectivity index (χ2n) is 4.21. The summed E-state index contributed by atoms with van der Waals surface area (Å²) in [5, 5.41) is 0. The van der Waals surface area contributed by atoms with E-state index < -0.39 is 9.28 Å². The lowest BCUT2D eigenvalue weighted by atomic mass is 10.2. The van der Waals surface area contributed by atoms with Crippen LogP contribution in [0.2, 0.25) is 5.54 Å². The van der Waals surface area contributed by atoms with Crippen molar-refractivity contribution in [3.05, 3.63) is 0 Å². The lowest BCUT2D eigenvalue weighted by Crippen LogP contribution is -2.36. The molecule has 1 fully saturated rings. The summed E-state index contributed by atoms with van der Waals surface area (Å²) >= 11 is 0. The van der Waals surface area contributed by atoms with Gasteiger partial charge in [0.25, 0.3) is 0 Å². The van der Waals surface area contributed by atoms with Gasteiger partial charge < -0.3 is 18.3 Å². The molecule has 0 aliphatic carbocycles. The number of hydrogen-bond donors (Lipinski definition) is 0. The minimum atomic E-state index is -1.23. The summed E-state index contributed by atoms with van der Waals surface area (Å²) in [6.07, 6.45) is 1.53. The number of epoxide rings is 1. The molecule has 0 saturated carbocycles. The van der Waals surface area contributed by atoms with Crippen molar-refractivity contribution in [2.24, 2.45) is 0 Å². The Hall–Kier alpha value is 0.0569. The first-order valence-electron chi connectivity index (χ1n) is 6.58. The molecule has 0 amide bonds. The average molecular weight is 261 g/mol. The minimum absolute atomic E-state index is 0.214. The molecule has 4 nitrogen and oxygen atoms in total. The quantitative estimate of drug-likeness (QED) is 0.446. The minimum Gasteiger partial charge on any atom is -0.393 e. The topological polar surface area (TPSA) is 40.2 Å². The Kier molecular flexibility index (Phi) is 7.30. The molecule has 3 atom stereocenters. The van der Waals surface area contributed by atoms with Crippen molar-refractivity contribution in [1.82, 2.24) is 0 Å². The van der Waals surface area contributed by atoms with Gasteiger partial charge in [0, 0.05) is 18.8 Å². The van der Waals surface area contributed by atoms with E-state index in [0.29, 0.717) is 31.5 Å². The third-order valence-corrected chi connectivity index (χ3v) is 5.07. The SMILES string of the molecule is CCO[Si](OCC)C(C)C(CC)OCC1CO1. The molecule has 0 spiro atoms. The molecule has 101 valence electrons. The predicted octanol–water partition coefficient (Wildman–Crippen LogP) is 2.13. The van der Waals surface area contributed by atoms with Crippen molar-refractivity contribution in [3.8, 4) is 0 Å². The molecule has 3 unspecified atom stereocenters. The zero-order valence-corrected chi connectivity index (χ0v) is 12.4. The molecule has 0 bridgehead atoms. The van der Waals surface area contributed by atoms with E-state index in [-0.39, 0.29) is 6.10 Å². The molecule has 1 saturated heterocycles. The van der Waals surface area contributed by atoms with E-state index in [2.05, 4.69) is 13.8 Å². The summed E-state index contributed by atoms with van der Waals surface area (Å²) < 4.78 is 22.5. The molecule has 1 aliphatic heterocycles. The van der Waals surface area contributed by atoms with Crippen LogP contribution in [0.5, 0.6) is 0 Å². The zero-order chi connectivity index (χ0) is 12.7. The standard InChI is InChI=1S/C12H25O4Si/c1-5-12(14-9-11-8-13-11)10(4)17(15-6-2)16-7-3/h10-12H,5-9H2,1-4H3. The van der Waals surface area contributed by atoms with Crippen LogP contribution in [0.3, 0.4) is 0 Å². The van der Waals surface area contributed by atoms with E-state index in [1.165, 1.54) is 0 Å². The van der Waals surface area contributed by atoms with Crippen LogP contribution in [-0.2, 0) is 18.3 Å². The molecule has 0 aromatic heterocycles. The van der Waals surface area contributed by atoms with Crippen LogP contribution in [0.15, 0.2) is 0 Å². The van der Waals surface area contributed by atoms with Crippen LogP contribution in [0, 0.1) is 0 Å². The summed E-state index contributed by atoms with van der Waals surface area (Å²) in [7, 11) is -1.23. The van der Waals surface area contributed by atoms with Gasteiger partial charge in [0.1, 0.15) is 6.10 Å². The summed E-state index contributed by atoms with van der Waals surface area (Å²) in [6.45, 7) is 11.3. The number of rotatable bonds is 10. The van der Waals surface area contributed by atoms with E-state index in [0.717, 1.165) is 13.0 Å². The van der Waals surface area contributed by atoms with E-state index >= 15 is 0 Å². The van der Waals surface area contributed by atoms with Gasteiger partial charge in [0.05, 0.1) is 19.3 Å². The Labute approximate surface area is 106 Å². The van der Waals surface area contributed by atoms with Crippen molar-refractivity contribution in [2.75, 3.05) is 26.4 Å². The van der Waals surface area contributed by atoms with Crippen LogP contribution in [0.1, 0.15) is 34.1 Å². The zero-order valence-electron chi connectivity index (χ0n) is 11.4. The first-order chi connectivity index (χ1) is 8.22. The molecule has 1 aliphatic rings. The monoisotopic (exact) mass is 261 g/mol. The van der Waals surface area contributed by atoms with Crippen molar-refractivity contribution < 1.29 is 18.3 Å². The summed E-state index contributed by atoms with van der Waals surface area (Å²) in [5.74, 6) is 0. The highest BCUT2D eigenvalue weighted by atomic mass is 28.3. The van der Waals surface area contributed by atoms with E-state index in [1.54, 1.807) is 0 Å². The van der Waals surface area contributed by atoms with Gasteiger partial charge in [-0.25, -0.2) is 0 Å². The third-order valence-electron chi connectivity index (χ3n) is 2.80. The number of hydrogen-bond acceptors (Lipinski definition) is 4. The van der Waals surface area contributed by atoms with Crippen molar-refractivity contribution in [1.29, 1.82) is 0 Å². The molecule has 1 heterocycles. The van der Waals surface area contributed by atoms with Gasteiger partial charge in [-0.3, -0.25) is 0 Å². The van der Waals surface area contributed by atoms with E-state index in [4.69, 9.17) is 18.3 Å². The highest BCUT2D eigenvalue weighted by Gasteiger charge is 2.32. The molecule has 0 aromatic rings. The Morgan fingerprint density at radius 2 is 1.82 bits per heavy atom. The fourth-order valence-corrected chi connectivity index (χ4v) is 3.57. The molecular formula is C12H25O4Si. The van der Waals surface area contributed by atoms with Gasteiger partial charge in [0.15, 0.2) is 0 Å². The first kappa shape index (κ1) is 15.1. The summed E-state index contributed by atoms with van der Waals surface area (Å²) in [6, 6.07) is 0. The first-order valence-corrected chi connectivity index (χ1v) is 7.97. The van der Waals surface area contributed by atoms with Gasteiger partial charge in [-0.1, -0.05) is 13.8 Å². The normalized spacial score (nSPS) is 22.8. The second-order valence-corrected chi connectivity index (χ2v) is 6.34. The van der Waals surface area contributed by atoms with E-state index in [9.17, 15) is 0 Å². The van der Waals surface area contributed by atoms with Gasteiger partial charge in [-0.05, 0) is 20.3 Å². The Bertz CT molecular complexity index is 193. The predicted molar refractivity (Wildman–Crippen MR) is 68.2 cm³/mol. The summed E-state index contributed by atoms with van der Waals surface area (Å²) in [4.78, 5) is 0. The molecule has 0 aromatic carbocycles. The van der Waals surface area contributed by atoms with Crippen LogP contribution in [0.25, 0.3) is 0 Å². The second kappa shape index (κ2) is 8.21. The molecular weight excluding hydrogens is 236 g/mol. The molecule has 1 rings (SSSR count). The average Bonchev–Trinajstić information content (AvgIpc) is 3.13. The van der Waals surface area contributed by atoms with Crippen molar-refractivity contribution in [3.63, 3.8) is 0 Å². The molecule has 1 radical (unpaired) electrons. The van der Waals surface area contributed by atoms with Gasteiger partial charge in [0.2, 0.25) is 0 Å². The highest BCUT2D eigenvalue weighted by Crippen LogP contribution is 2.23. The Morgan fingerprint density at radius 3 is 2.24 bits per heavy atom. The van der Waals surface area contributed by atoms with Crippen LogP contribution < -0.4 is 0 Å². The van der Waals surface area contributed by atoms with Crippen LogP contribution in [-0.4, -0.2) is 47.9 Å². The Balaban J connectivity index is 2.38. The van der Waals surface area contributed by atoms with Crippen LogP contribution in [0.4, 0.5) is 0 Å². The lowest BCUT2D eigenvalue weighted by Gasteiger charge is -2.27. The molecule has 0 N–H and O–H groups in total. The van der Waals surface area contributed by atoms with Crippen molar-refractivity contribution >= 4 is 9.28 Å². The smallest absolute Gasteiger partial charge is 0.390 e. The Morgan fingerprint density at radius 1 is 1.24 bits per heavy atom. The summed E-state index contributed by atoms with van der Waals surface area (Å²) in [5.41, 5.74) is 0.337. The lowest BCUT2D eigenvalue weighted by molar-refractivity contribution is 0.0285. The largest absolute Gasteiger partial charge is 0.393 e. The van der Waals surface area contributed by atoms with Crippen LogP contribution >= 0.6 is 0 Å². The van der Waals surface area contributed by atoms with E-state index in [1.807, 2.05) is 13.8 Å². The fourth-order valence-electron chi connectivity index (χ4n) is 1.75. The highest BCUT2D eigenvalue weighted by molar-refractivity contribution is 6.46. The molecule has 5 heteroatoms. The van der Waals surface area contributed by atoms with Gasteiger partial charge >= 0.3 is 9.28 Å². The van der Waals surface area contributed by atoms with Crippen molar-refractivity contribution in [2.45, 2.75) is 51.9 Å². The van der Waals surface area contributed by atoms with Gasteiger partial charge in [-0.15, -0.1) is 0 Å². The maximum Gasteiger partial charge on any atom is 0.390 e. The maximum atomic E-state index is 5.89. The number of ether oxygens (including phenoxy) is 2. The molecule has 17 heavy (non-hydrogen) atoms. The third kappa shape index (κ3) is 5.48.